The Balaban J connectivity index is 2.21. The molecular weight excluding hydrogens is 230 g/mol. The highest BCUT2D eigenvalue weighted by atomic mass is 16.4. The Morgan fingerprint density at radius 3 is 2.33 bits per heavy atom. The fraction of sp³-hybridized carbons (Fsp3) is 0.857. The van der Waals surface area contributed by atoms with Crippen LogP contribution in [0.4, 0.5) is 0 Å². The van der Waals surface area contributed by atoms with E-state index in [0.29, 0.717) is 5.92 Å². The molecule has 0 aromatic heterocycles. The van der Waals surface area contributed by atoms with Crippen LogP contribution in [0, 0.1) is 17.8 Å². The summed E-state index contributed by atoms with van der Waals surface area (Å²) in [4.78, 5) is 22.5. The molecule has 0 heterocycles. The van der Waals surface area contributed by atoms with Gasteiger partial charge in [0.2, 0.25) is 5.91 Å². The quantitative estimate of drug-likeness (QED) is 0.766. The van der Waals surface area contributed by atoms with Crippen molar-refractivity contribution in [1.29, 1.82) is 0 Å². The van der Waals surface area contributed by atoms with Crippen LogP contribution in [0.3, 0.4) is 0 Å². The number of rotatable bonds is 6. The molecule has 0 aromatic carbocycles. The van der Waals surface area contributed by atoms with E-state index >= 15 is 0 Å². The van der Waals surface area contributed by atoms with Crippen molar-refractivity contribution < 1.29 is 14.7 Å². The van der Waals surface area contributed by atoms with Gasteiger partial charge < -0.3 is 10.4 Å². The number of hydrogen-bond donors (Lipinski definition) is 2. The van der Waals surface area contributed by atoms with E-state index in [4.69, 9.17) is 5.11 Å². The molecule has 18 heavy (non-hydrogen) atoms. The van der Waals surface area contributed by atoms with Crippen molar-refractivity contribution in [2.24, 2.45) is 17.8 Å². The van der Waals surface area contributed by atoms with Crippen molar-refractivity contribution in [3.05, 3.63) is 0 Å². The summed E-state index contributed by atoms with van der Waals surface area (Å²) in [6.45, 7) is 5.04. The first-order chi connectivity index (χ1) is 8.49. The second-order valence-corrected chi connectivity index (χ2v) is 5.79. The third-order valence-corrected chi connectivity index (χ3v) is 3.70. The number of carbonyl (C=O) groups is 2. The normalized spacial score (nSPS) is 23.9. The maximum atomic E-state index is 11.9. The highest BCUT2D eigenvalue weighted by Crippen LogP contribution is 2.30. The van der Waals surface area contributed by atoms with Gasteiger partial charge in [0.05, 0.1) is 0 Å². The summed E-state index contributed by atoms with van der Waals surface area (Å²) in [7, 11) is 0. The second kappa shape index (κ2) is 7.39. The average Bonchev–Trinajstić information content (AvgIpc) is 2.28. The molecule has 104 valence electrons. The molecule has 0 unspecified atom stereocenters. The van der Waals surface area contributed by atoms with Gasteiger partial charge in [-0.15, -0.1) is 0 Å². The van der Waals surface area contributed by atoms with Crippen molar-refractivity contribution >= 4 is 11.9 Å². The number of carbonyl (C=O) groups excluding carboxylic acids is 1. The topological polar surface area (TPSA) is 66.4 Å². The zero-order valence-corrected chi connectivity index (χ0v) is 11.4. The van der Waals surface area contributed by atoms with E-state index in [-0.39, 0.29) is 24.2 Å². The van der Waals surface area contributed by atoms with E-state index in [2.05, 4.69) is 19.2 Å². The minimum absolute atomic E-state index is 0.0993. The molecule has 1 aliphatic rings. The number of hydrogen-bond acceptors (Lipinski definition) is 2. The fourth-order valence-corrected chi connectivity index (χ4v) is 2.50. The predicted molar refractivity (Wildman–Crippen MR) is 70.2 cm³/mol. The van der Waals surface area contributed by atoms with Gasteiger partial charge >= 0.3 is 5.97 Å². The molecule has 1 fully saturated rings. The van der Waals surface area contributed by atoms with Crippen molar-refractivity contribution in [1.82, 2.24) is 5.32 Å². The van der Waals surface area contributed by atoms with Crippen molar-refractivity contribution in [2.45, 2.75) is 52.4 Å². The molecule has 0 radical (unpaired) electrons. The molecule has 2 N–H and O–H groups in total. The molecule has 0 saturated heterocycles. The van der Waals surface area contributed by atoms with Crippen LogP contribution in [-0.4, -0.2) is 23.5 Å². The summed E-state index contributed by atoms with van der Waals surface area (Å²) in [5.41, 5.74) is 0. The van der Waals surface area contributed by atoms with Crippen LogP contribution in [0.2, 0.25) is 0 Å². The molecule has 0 bridgehead atoms. The second-order valence-electron chi connectivity index (χ2n) is 5.79. The van der Waals surface area contributed by atoms with E-state index in [1.54, 1.807) is 0 Å². The maximum absolute atomic E-state index is 11.9. The van der Waals surface area contributed by atoms with Crippen LogP contribution in [0.25, 0.3) is 0 Å². The molecule has 1 rings (SSSR count). The summed E-state index contributed by atoms with van der Waals surface area (Å²) < 4.78 is 0. The molecule has 1 aliphatic carbocycles. The Morgan fingerprint density at radius 2 is 1.83 bits per heavy atom. The van der Waals surface area contributed by atoms with Gasteiger partial charge in [0.25, 0.3) is 0 Å². The largest absolute Gasteiger partial charge is 0.481 e. The van der Waals surface area contributed by atoms with Gasteiger partial charge in [-0.1, -0.05) is 13.8 Å². The van der Waals surface area contributed by atoms with Crippen LogP contribution in [0.1, 0.15) is 52.4 Å². The molecule has 0 atom stereocenters. The number of aliphatic carboxylic acids is 1. The lowest BCUT2D eigenvalue weighted by Crippen LogP contribution is -2.34. The zero-order valence-electron chi connectivity index (χ0n) is 11.4. The monoisotopic (exact) mass is 255 g/mol. The average molecular weight is 255 g/mol. The maximum Gasteiger partial charge on any atom is 0.303 e. The van der Waals surface area contributed by atoms with E-state index < -0.39 is 5.97 Å². The number of carboxylic acids is 1. The lowest BCUT2D eigenvalue weighted by atomic mass is 9.80. The van der Waals surface area contributed by atoms with Crippen molar-refractivity contribution in [2.75, 3.05) is 6.54 Å². The summed E-state index contributed by atoms with van der Waals surface area (Å²) in [5, 5.41) is 11.7. The van der Waals surface area contributed by atoms with E-state index in [0.717, 1.165) is 38.6 Å². The molecule has 1 amide bonds. The summed E-state index contributed by atoms with van der Waals surface area (Å²) in [5.74, 6) is 0.408. The third-order valence-electron chi connectivity index (χ3n) is 3.70. The Labute approximate surface area is 109 Å². The molecule has 0 aromatic rings. The van der Waals surface area contributed by atoms with E-state index in [1.807, 2.05) is 0 Å². The van der Waals surface area contributed by atoms with Gasteiger partial charge in [0.15, 0.2) is 0 Å². The summed E-state index contributed by atoms with van der Waals surface area (Å²) in [6.07, 6.45) is 4.68. The smallest absolute Gasteiger partial charge is 0.303 e. The first kappa shape index (κ1) is 15.0. The summed E-state index contributed by atoms with van der Waals surface area (Å²) in [6, 6.07) is 0. The minimum atomic E-state index is -0.722. The number of amides is 1. The van der Waals surface area contributed by atoms with Crippen LogP contribution in [-0.2, 0) is 9.59 Å². The van der Waals surface area contributed by atoms with Crippen LogP contribution in [0.5, 0.6) is 0 Å². The van der Waals surface area contributed by atoms with Crippen LogP contribution < -0.4 is 5.32 Å². The Morgan fingerprint density at radius 1 is 1.22 bits per heavy atom. The lowest BCUT2D eigenvalue weighted by molar-refractivity contribution is -0.138. The van der Waals surface area contributed by atoms with E-state index in [9.17, 15) is 9.59 Å². The van der Waals surface area contributed by atoms with Gasteiger partial charge in [-0.2, -0.15) is 0 Å². The molecule has 0 spiro atoms. The van der Waals surface area contributed by atoms with Crippen molar-refractivity contribution in [3.8, 4) is 0 Å². The minimum Gasteiger partial charge on any atom is -0.481 e. The van der Waals surface area contributed by atoms with Crippen molar-refractivity contribution in [3.63, 3.8) is 0 Å². The standard InChI is InChI=1S/C14H25NO3/c1-10(2)7-8-15-14(18)12-5-3-11(4-6-12)9-13(16)17/h10-12H,3-9H2,1-2H3,(H,15,18)(H,16,17). The molecule has 4 nitrogen and oxygen atoms in total. The molecule has 0 aliphatic heterocycles. The van der Waals surface area contributed by atoms with Gasteiger partial charge in [-0.25, -0.2) is 0 Å². The van der Waals surface area contributed by atoms with E-state index in [1.165, 1.54) is 0 Å². The SMILES string of the molecule is CC(C)CCNC(=O)C1CCC(CC(=O)O)CC1. The van der Waals surface area contributed by atoms with Gasteiger partial charge in [0, 0.05) is 18.9 Å². The first-order valence-electron chi connectivity index (χ1n) is 6.98. The zero-order chi connectivity index (χ0) is 13.5. The highest BCUT2D eigenvalue weighted by molar-refractivity contribution is 5.78. The Kier molecular flexibility index (Phi) is 6.16. The highest BCUT2D eigenvalue weighted by Gasteiger charge is 2.27. The number of carboxylic acid groups (broad SMARTS) is 1. The van der Waals surface area contributed by atoms with Crippen LogP contribution in [0.15, 0.2) is 0 Å². The van der Waals surface area contributed by atoms with Gasteiger partial charge in [0.1, 0.15) is 0 Å². The predicted octanol–water partition coefficient (Wildman–Crippen LogP) is 2.43. The van der Waals surface area contributed by atoms with Crippen LogP contribution >= 0.6 is 0 Å². The van der Waals surface area contributed by atoms with Gasteiger partial charge in [-0.3, -0.25) is 9.59 Å². The van der Waals surface area contributed by atoms with Gasteiger partial charge in [-0.05, 0) is 43.9 Å². The lowest BCUT2D eigenvalue weighted by Gasteiger charge is -2.26. The first-order valence-corrected chi connectivity index (χ1v) is 6.98. The fourth-order valence-electron chi connectivity index (χ4n) is 2.50. The molecular formula is C14H25NO3. The summed E-state index contributed by atoms with van der Waals surface area (Å²) >= 11 is 0. The third kappa shape index (κ3) is 5.52. The Hall–Kier alpha value is -1.06. The molecule has 1 saturated carbocycles. The number of nitrogens with one attached hydrogen (secondary N) is 1. The molecule has 4 heteroatoms. The Bertz CT molecular complexity index is 281.